The molecule has 2 amide bonds. The molecule has 26 heavy (non-hydrogen) atoms. The molecule has 1 N–H and O–H groups in total. The van der Waals surface area contributed by atoms with Gasteiger partial charge in [0.05, 0.1) is 5.51 Å². The zero-order valence-electron chi connectivity index (χ0n) is 14.2. The second kappa shape index (κ2) is 9.31. The highest BCUT2D eigenvalue weighted by Gasteiger charge is 2.24. The van der Waals surface area contributed by atoms with Crippen molar-refractivity contribution < 1.29 is 14.3 Å². The molecule has 1 aromatic carbocycles. The zero-order valence-corrected chi connectivity index (χ0v) is 17.2. The number of aromatic nitrogens is 1. The lowest BCUT2D eigenvalue weighted by atomic mass is 9.97. The van der Waals surface area contributed by atoms with E-state index < -0.39 is 0 Å². The van der Waals surface area contributed by atoms with E-state index in [2.05, 4.69) is 32.9 Å². The van der Waals surface area contributed by atoms with E-state index >= 15 is 0 Å². The Morgan fingerprint density at radius 2 is 2.00 bits per heavy atom. The normalized spacial score (nSPS) is 14.9. The summed E-state index contributed by atoms with van der Waals surface area (Å²) >= 11 is 3.65. The number of nitrogens with zero attached hydrogens (tertiary/aromatic N) is 2. The van der Waals surface area contributed by atoms with Crippen LogP contribution in [0.25, 0.3) is 0 Å². The first-order valence-electron chi connectivity index (χ1n) is 8.44. The number of carbonyl (C=O) groups excluding carboxylic acids is 2. The summed E-state index contributed by atoms with van der Waals surface area (Å²) in [7, 11) is 0. The van der Waals surface area contributed by atoms with Gasteiger partial charge >= 0.3 is 6.09 Å². The Hall–Kier alpha value is -1.68. The summed E-state index contributed by atoms with van der Waals surface area (Å²) in [5, 5.41) is 4.66. The van der Waals surface area contributed by atoms with Crippen molar-refractivity contribution in [2.45, 2.75) is 19.4 Å². The van der Waals surface area contributed by atoms with Gasteiger partial charge in [-0.05, 0) is 59.0 Å². The molecular formula is C18H20IN3O3S. The van der Waals surface area contributed by atoms with Crippen LogP contribution in [-0.4, -0.2) is 41.5 Å². The molecule has 0 unspecified atom stereocenters. The van der Waals surface area contributed by atoms with Crippen LogP contribution in [-0.2, 0) is 11.3 Å². The Morgan fingerprint density at radius 1 is 1.27 bits per heavy atom. The molecule has 0 atom stereocenters. The molecule has 138 valence electrons. The smallest absolute Gasteiger partial charge is 0.410 e. The van der Waals surface area contributed by atoms with Crippen molar-refractivity contribution in [3.8, 4) is 0 Å². The maximum atomic E-state index is 12.2. The number of amides is 2. The van der Waals surface area contributed by atoms with E-state index in [1.165, 1.54) is 11.3 Å². The van der Waals surface area contributed by atoms with E-state index in [9.17, 15) is 9.59 Å². The quantitative estimate of drug-likeness (QED) is 0.659. The van der Waals surface area contributed by atoms with Crippen molar-refractivity contribution in [2.75, 3.05) is 19.6 Å². The maximum Gasteiger partial charge on any atom is 0.410 e. The third kappa shape index (κ3) is 5.41. The summed E-state index contributed by atoms with van der Waals surface area (Å²) in [6.45, 7) is 2.22. The van der Waals surface area contributed by atoms with Crippen molar-refractivity contribution in [3.05, 3.63) is 50.0 Å². The fraction of sp³-hybridized carbons (Fsp3) is 0.389. The SMILES string of the molecule is O=C(NCC1CCN(C(=O)OCc2ccc(I)cc2)CC1)c1cscn1. The fourth-order valence-electron chi connectivity index (χ4n) is 2.79. The molecule has 8 heteroatoms. The summed E-state index contributed by atoms with van der Waals surface area (Å²) in [6.07, 6.45) is 1.44. The van der Waals surface area contributed by atoms with Crippen LogP contribution >= 0.6 is 33.9 Å². The Balaban J connectivity index is 1.37. The van der Waals surface area contributed by atoms with Gasteiger partial charge in [-0.3, -0.25) is 4.79 Å². The number of likely N-dealkylation sites (tertiary alicyclic amines) is 1. The number of benzene rings is 1. The van der Waals surface area contributed by atoms with Gasteiger partial charge in [0.1, 0.15) is 12.3 Å². The lowest BCUT2D eigenvalue weighted by Gasteiger charge is -2.31. The second-order valence-corrected chi connectivity index (χ2v) is 8.16. The van der Waals surface area contributed by atoms with Gasteiger partial charge in [0.2, 0.25) is 0 Å². The minimum atomic E-state index is -0.270. The number of carbonyl (C=O) groups is 2. The molecule has 2 heterocycles. The molecule has 1 fully saturated rings. The van der Waals surface area contributed by atoms with Gasteiger partial charge in [-0.2, -0.15) is 0 Å². The average Bonchev–Trinajstić information content (AvgIpc) is 3.21. The molecular weight excluding hydrogens is 465 g/mol. The third-order valence-electron chi connectivity index (χ3n) is 4.36. The lowest BCUT2D eigenvalue weighted by Crippen LogP contribution is -2.41. The van der Waals surface area contributed by atoms with Crippen LogP contribution in [0.4, 0.5) is 4.79 Å². The van der Waals surface area contributed by atoms with Crippen molar-refractivity contribution in [1.29, 1.82) is 0 Å². The van der Waals surface area contributed by atoms with Crippen molar-refractivity contribution >= 4 is 45.9 Å². The highest BCUT2D eigenvalue weighted by Crippen LogP contribution is 2.18. The van der Waals surface area contributed by atoms with Crippen LogP contribution < -0.4 is 5.32 Å². The highest BCUT2D eigenvalue weighted by atomic mass is 127. The molecule has 3 rings (SSSR count). The van der Waals surface area contributed by atoms with E-state index in [4.69, 9.17) is 4.74 Å². The van der Waals surface area contributed by atoms with Crippen LogP contribution in [0.3, 0.4) is 0 Å². The number of thiazole rings is 1. The Kier molecular flexibility index (Phi) is 6.84. The zero-order chi connectivity index (χ0) is 18.4. The van der Waals surface area contributed by atoms with E-state index in [0.717, 1.165) is 22.0 Å². The summed E-state index contributed by atoms with van der Waals surface area (Å²) in [4.78, 5) is 29.8. The minimum absolute atomic E-state index is 0.134. The van der Waals surface area contributed by atoms with E-state index in [-0.39, 0.29) is 12.0 Å². The van der Waals surface area contributed by atoms with E-state index in [0.29, 0.717) is 37.9 Å². The van der Waals surface area contributed by atoms with E-state index in [1.807, 2.05) is 24.3 Å². The van der Waals surface area contributed by atoms with Gasteiger partial charge in [0.15, 0.2) is 0 Å². The summed E-state index contributed by atoms with van der Waals surface area (Å²) in [6, 6.07) is 7.92. The van der Waals surface area contributed by atoms with Crippen LogP contribution in [0.1, 0.15) is 28.9 Å². The van der Waals surface area contributed by atoms with Gasteiger partial charge in [0, 0.05) is 28.6 Å². The minimum Gasteiger partial charge on any atom is -0.445 e. The number of nitrogens with one attached hydrogen (secondary N) is 1. The van der Waals surface area contributed by atoms with Gasteiger partial charge in [-0.15, -0.1) is 11.3 Å². The molecule has 1 aromatic heterocycles. The van der Waals surface area contributed by atoms with Crippen LogP contribution in [0.2, 0.25) is 0 Å². The average molecular weight is 485 g/mol. The maximum absolute atomic E-state index is 12.2. The van der Waals surface area contributed by atoms with Gasteiger partial charge < -0.3 is 15.0 Å². The molecule has 6 nitrogen and oxygen atoms in total. The predicted octanol–water partition coefficient (Wildman–Crippen LogP) is 3.53. The van der Waals surface area contributed by atoms with Crippen LogP contribution in [0, 0.1) is 9.49 Å². The fourth-order valence-corrected chi connectivity index (χ4v) is 3.68. The van der Waals surface area contributed by atoms with Gasteiger partial charge in [0.25, 0.3) is 5.91 Å². The predicted molar refractivity (Wildman–Crippen MR) is 108 cm³/mol. The molecule has 1 aliphatic heterocycles. The molecule has 1 saturated heterocycles. The number of piperidine rings is 1. The first kappa shape index (κ1) is 19.1. The third-order valence-corrected chi connectivity index (χ3v) is 5.67. The second-order valence-electron chi connectivity index (χ2n) is 6.20. The summed E-state index contributed by atoms with van der Waals surface area (Å²) in [5.74, 6) is 0.239. The molecule has 0 saturated carbocycles. The van der Waals surface area contributed by atoms with Crippen molar-refractivity contribution in [1.82, 2.24) is 15.2 Å². The molecule has 0 radical (unpaired) electrons. The highest BCUT2D eigenvalue weighted by molar-refractivity contribution is 14.1. The van der Waals surface area contributed by atoms with Crippen molar-refractivity contribution in [3.63, 3.8) is 0 Å². The van der Waals surface area contributed by atoms with E-state index in [1.54, 1.807) is 15.8 Å². The van der Waals surface area contributed by atoms with Crippen LogP contribution in [0.15, 0.2) is 35.2 Å². The summed E-state index contributed by atoms with van der Waals surface area (Å²) in [5.41, 5.74) is 3.10. The van der Waals surface area contributed by atoms with Crippen molar-refractivity contribution in [2.24, 2.45) is 5.92 Å². The number of hydrogen-bond donors (Lipinski definition) is 1. The Labute approximate surface area is 170 Å². The topological polar surface area (TPSA) is 71.5 Å². The van der Waals surface area contributed by atoms with Gasteiger partial charge in [-0.25, -0.2) is 9.78 Å². The Morgan fingerprint density at radius 3 is 2.65 bits per heavy atom. The lowest BCUT2D eigenvalue weighted by molar-refractivity contribution is 0.0800. The first-order chi connectivity index (χ1) is 12.6. The number of ether oxygens (including phenoxy) is 1. The summed E-state index contributed by atoms with van der Waals surface area (Å²) < 4.78 is 6.55. The molecule has 0 bridgehead atoms. The Bertz CT molecular complexity index is 729. The number of halogens is 1. The number of rotatable bonds is 5. The first-order valence-corrected chi connectivity index (χ1v) is 10.5. The number of hydrogen-bond acceptors (Lipinski definition) is 5. The standard InChI is InChI=1S/C18H20IN3O3S/c19-15-3-1-14(2-4-15)10-25-18(24)22-7-5-13(6-8-22)9-20-17(23)16-11-26-12-21-16/h1-4,11-13H,5-10H2,(H,20,23). The largest absolute Gasteiger partial charge is 0.445 e. The molecule has 0 spiro atoms. The molecule has 1 aliphatic rings. The monoisotopic (exact) mass is 485 g/mol. The molecule has 0 aliphatic carbocycles. The van der Waals surface area contributed by atoms with Gasteiger partial charge in [-0.1, -0.05) is 12.1 Å². The molecule has 2 aromatic rings. The van der Waals surface area contributed by atoms with Crippen LogP contribution in [0.5, 0.6) is 0 Å².